The molecule has 0 bridgehead atoms. The van der Waals surface area contributed by atoms with E-state index in [0.717, 1.165) is 0 Å². The van der Waals surface area contributed by atoms with Gasteiger partial charge in [0.15, 0.2) is 0 Å². The molecule has 176 valence electrons. The molecule has 1 aliphatic rings. The second-order valence-corrected chi connectivity index (χ2v) is 13.9. The van der Waals surface area contributed by atoms with Gasteiger partial charge >= 0.3 is 213 Å². The van der Waals surface area contributed by atoms with E-state index in [1.807, 2.05) is 0 Å². The molecule has 0 fully saturated rings. The monoisotopic (exact) mass is 536 g/mol. The van der Waals surface area contributed by atoms with Gasteiger partial charge in [0.2, 0.25) is 0 Å². The molecule has 3 aromatic carbocycles. The van der Waals surface area contributed by atoms with Crippen molar-refractivity contribution in [2.75, 3.05) is 38.0 Å². The van der Waals surface area contributed by atoms with Gasteiger partial charge in [0, 0.05) is 0 Å². The van der Waals surface area contributed by atoms with Crippen molar-refractivity contribution in [2.45, 2.75) is 20.8 Å². The van der Waals surface area contributed by atoms with Gasteiger partial charge in [-0.2, -0.15) is 0 Å². The second-order valence-electron chi connectivity index (χ2n) is 9.39. The predicted octanol–water partition coefficient (Wildman–Crippen LogP) is 6.80. The van der Waals surface area contributed by atoms with Crippen LogP contribution in [0.5, 0.6) is 0 Å². The molecular formula is C30H33ClN2Se. The van der Waals surface area contributed by atoms with Gasteiger partial charge in [0.05, 0.1) is 0 Å². The third-order valence-electron chi connectivity index (χ3n) is 6.26. The Morgan fingerprint density at radius 1 is 0.647 bits per heavy atom. The van der Waals surface area contributed by atoms with Crippen LogP contribution in [0.2, 0.25) is 0 Å². The third kappa shape index (κ3) is 4.93. The Balaban J connectivity index is 1.91. The SMILES string of the molecule is Cc1cc(C)c(C2=CC(c3ccc(N(C)C)cc3)=[Se](Cl)C(c3ccc(N(C)C)cc3)=C2)c(C)c1. The van der Waals surface area contributed by atoms with Crippen molar-refractivity contribution in [1.29, 1.82) is 0 Å². The van der Waals surface area contributed by atoms with Crippen molar-refractivity contribution < 1.29 is 0 Å². The van der Waals surface area contributed by atoms with E-state index in [0.29, 0.717) is 0 Å². The number of nitrogens with zero attached hydrogens (tertiary/aromatic N) is 2. The summed E-state index contributed by atoms with van der Waals surface area (Å²) in [6.07, 6.45) is 4.68. The fraction of sp³-hybridized carbons (Fsp3) is 0.233. The normalized spacial score (nSPS) is 15.6. The maximum atomic E-state index is 7.33. The van der Waals surface area contributed by atoms with Gasteiger partial charge in [-0.15, -0.1) is 0 Å². The third-order valence-corrected chi connectivity index (χ3v) is 11.1. The van der Waals surface area contributed by atoms with Gasteiger partial charge in [0.1, 0.15) is 0 Å². The van der Waals surface area contributed by atoms with Crippen LogP contribution in [-0.2, 0) is 0 Å². The molecule has 0 aliphatic carbocycles. The van der Waals surface area contributed by atoms with Gasteiger partial charge in [-0.3, -0.25) is 0 Å². The fourth-order valence-electron chi connectivity index (χ4n) is 4.55. The van der Waals surface area contributed by atoms with Crippen LogP contribution < -0.4 is 9.80 Å². The first-order chi connectivity index (χ1) is 16.2. The molecule has 0 amide bonds. The predicted molar refractivity (Wildman–Crippen MR) is 154 cm³/mol. The number of halogens is 1. The summed E-state index contributed by atoms with van der Waals surface area (Å²) in [6.45, 7) is 6.59. The molecule has 3 aromatic rings. The van der Waals surface area contributed by atoms with E-state index in [2.05, 4.69) is 132 Å². The van der Waals surface area contributed by atoms with Crippen LogP contribution in [0, 0.1) is 20.8 Å². The summed E-state index contributed by atoms with van der Waals surface area (Å²) in [6, 6.07) is 22.1. The van der Waals surface area contributed by atoms with E-state index < -0.39 is 12.6 Å². The van der Waals surface area contributed by atoms with Crippen LogP contribution in [-0.4, -0.2) is 45.2 Å². The standard InChI is InChI=1S/C30H33ClN2Se/c1-20-16-21(2)30(22(3)17-20)25-18-28(23-8-12-26(13-9-23)32(4)5)34(31)29(19-25)24-10-14-27(15-11-24)33(6)7/h8-19H,1-7H3. The zero-order valence-electron chi connectivity index (χ0n) is 21.1. The molecular weight excluding hydrogens is 503 g/mol. The molecule has 0 saturated carbocycles. The molecule has 0 N–H and O–H groups in total. The van der Waals surface area contributed by atoms with Gasteiger partial charge < -0.3 is 0 Å². The minimum absolute atomic E-state index is 1.19. The molecule has 1 atom stereocenters. The molecule has 2 nitrogen and oxygen atoms in total. The van der Waals surface area contributed by atoms with Crippen LogP contribution in [0.3, 0.4) is 0 Å². The molecule has 0 spiro atoms. The topological polar surface area (TPSA) is 6.48 Å². The summed E-state index contributed by atoms with van der Waals surface area (Å²) in [5.74, 6) is 0. The van der Waals surface area contributed by atoms with Crippen molar-refractivity contribution in [3.05, 3.63) is 106 Å². The molecule has 1 unspecified atom stereocenters. The van der Waals surface area contributed by atoms with E-state index >= 15 is 0 Å². The first-order valence-electron chi connectivity index (χ1n) is 11.5. The first kappa shape index (κ1) is 24.5. The van der Waals surface area contributed by atoms with Crippen LogP contribution in [0.1, 0.15) is 33.4 Å². The van der Waals surface area contributed by atoms with E-state index in [9.17, 15) is 0 Å². The zero-order chi connectivity index (χ0) is 24.6. The Labute approximate surface area is 212 Å². The van der Waals surface area contributed by atoms with E-state index in [-0.39, 0.29) is 0 Å². The van der Waals surface area contributed by atoms with Crippen LogP contribution in [0.25, 0.3) is 10.0 Å². The molecule has 1 heterocycles. The number of rotatable bonds is 5. The summed E-state index contributed by atoms with van der Waals surface area (Å²) < 4.78 is 2.52. The quantitative estimate of drug-likeness (QED) is 0.332. The Morgan fingerprint density at radius 3 is 1.59 bits per heavy atom. The molecule has 4 heteroatoms. The molecule has 4 rings (SSSR count). The number of hydrogen-bond donors (Lipinski definition) is 0. The first-order valence-corrected chi connectivity index (χ1v) is 15.5. The van der Waals surface area contributed by atoms with E-state index in [1.54, 1.807) is 0 Å². The zero-order valence-corrected chi connectivity index (χ0v) is 23.6. The molecule has 0 radical (unpaired) electrons. The van der Waals surface area contributed by atoms with Crippen molar-refractivity contribution >= 4 is 48.5 Å². The number of aryl methyl sites for hydroxylation is 3. The second kappa shape index (κ2) is 9.96. The van der Waals surface area contributed by atoms with Gasteiger partial charge in [-0.25, -0.2) is 0 Å². The van der Waals surface area contributed by atoms with Crippen molar-refractivity contribution in [1.82, 2.24) is 0 Å². The fourth-order valence-corrected chi connectivity index (χ4v) is 8.84. The van der Waals surface area contributed by atoms with E-state index in [1.165, 1.54) is 59.2 Å². The number of benzene rings is 3. The molecule has 34 heavy (non-hydrogen) atoms. The van der Waals surface area contributed by atoms with Crippen LogP contribution in [0.4, 0.5) is 11.4 Å². The van der Waals surface area contributed by atoms with Gasteiger partial charge in [-0.05, 0) is 0 Å². The number of anilines is 2. The van der Waals surface area contributed by atoms with E-state index in [4.69, 9.17) is 10.1 Å². The molecule has 1 aliphatic heterocycles. The van der Waals surface area contributed by atoms with Crippen molar-refractivity contribution in [3.63, 3.8) is 0 Å². The summed E-state index contributed by atoms with van der Waals surface area (Å²) >= 11 is -1.75. The Morgan fingerprint density at radius 2 is 1.12 bits per heavy atom. The number of hydrogen-bond acceptors (Lipinski definition) is 2. The van der Waals surface area contributed by atoms with Crippen molar-refractivity contribution in [3.8, 4) is 0 Å². The average Bonchev–Trinajstić information content (AvgIpc) is 2.79. The van der Waals surface area contributed by atoms with Gasteiger partial charge in [0.25, 0.3) is 0 Å². The van der Waals surface area contributed by atoms with Crippen molar-refractivity contribution in [2.24, 2.45) is 0 Å². The minimum atomic E-state index is -1.75. The Bertz CT molecular complexity index is 1290. The summed E-state index contributed by atoms with van der Waals surface area (Å²) in [7, 11) is 15.6. The van der Waals surface area contributed by atoms with Crippen LogP contribution in [0.15, 0.2) is 72.8 Å². The summed E-state index contributed by atoms with van der Waals surface area (Å²) in [5.41, 5.74) is 11.3. The maximum absolute atomic E-state index is 7.33. The summed E-state index contributed by atoms with van der Waals surface area (Å²) in [4.78, 5) is 4.25. The molecule has 0 saturated heterocycles. The number of allylic oxidation sites excluding steroid dienone is 3. The Kier molecular flexibility index (Phi) is 7.19. The summed E-state index contributed by atoms with van der Waals surface area (Å²) in [5, 5.41) is 0. The van der Waals surface area contributed by atoms with Gasteiger partial charge in [-0.1, -0.05) is 0 Å². The molecule has 0 aromatic heterocycles. The average molecular weight is 536 g/mol. The Hall–Kier alpha value is -2.58. The van der Waals surface area contributed by atoms with Crippen LogP contribution >= 0.6 is 10.1 Å².